The lowest BCUT2D eigenvalue weighted by Crippen LogP contribution is -2.27. The lowest BCUT2D eigenvalue weighted by atomic mass is 10.0. The monoisotopic (exact) mass is 291 g/mol. The molecule has 0 unspecified atom stereocenters. The highest BCUT2D eigenvalue weighted by molar-refractivity contribution is 5.93. The van der Waals surface area contributed by atoms with Gasteiger partial charge in [0.1, 0.15) is 5.60 Å². The fourth-order valence-corrected chi connectivity index (χ4v) is 2.07. The third kappa shape index (κ3) is 4.21. The zero-order chi connectivity index (χ0) is 15.6. The van der Waals surface area contributed by atoms with E-state index in [-0.39, 0.29) is 0 Å². The van der Waals surface area contributed by atoms with E-state index in [1.54, 1.807) is 32.9 Å². The minimum absolute atomic E-state index is 0.410. The van der Waals surface area contributed by atoms with Gasteiger partial charge in [-0.2, -0.15) is 0 Å². The van der Waals surface area contributed by atoms with Gasteiger partial charge in [-0.05, 0) is 57.2 Å². The first-order chi connectivity index (χ1) is 9.80. The Labute approximate surface area is 124 Å². The molecule has 0 atom stereocenters. The fourth-order valence-electron chi connectivity index (χ4n) is 2.07. The molecule has 0 heterocycles. The van der Waals surface area contributed by atoms with Crippen molar-refractivity contribution in [1.82, 2.24) is 0 Å². The van der Waals surface area contributed by atoms with Crippen LogP contribution in [-0.4, -0.2) is 24.8 Å². The van der Waals surface area contributed by atoms with Crippen LogP contribution in [0.5, 0.6) is 0 Å². The van der Waals surface area contributed by atoms with E-state index < -0.39 is 17.7 Å². The summed E-state index contributed by atoms with van der Waals surface area (Å²) in [5.41, 5.74) is 1.50. The van der Waals surface area contributed by atoms with E-state index in [4.69, 9.17) is 9.47 Å². The summed E-state index contributed by atoms with van der Waals surface area (Å²) in [6, 6.07) is 5.24. The number of methoxy groups -OCH3 is 1. The number of anilines is 1. The molecule has 0 spiro atoms. The van der Waals surface area contributed by atoms with Gasteiger partial charge in [0.25, 0.3) is 0 Å². The molecule has 114 valence electrons. The Morgan fingerprint density at radius 2 is 1.90 bits per heavy atom. The lowest BCUT2D eigenvalue weighted by molar-refractivity contribution is 0.0596. The van der Waals surface area contributed by atoms with Gasteiger partial charge in [-0.1, -0.05) is 6.07 Å². The molecule has 1 aromatic carbocycles. The number of nitrogens with one attached hydrogen (secondary N) is 1. The molecule has 1 saturated carbocycles. The average molecular weight is 291 g/mol. The van der Waals surface area contributed by atoms with Gasteiger partial charge in [0.15, 0.2) is 0 Å². The molecule has 1 fully saturated rings. The molecule has 0 aromatic heterocycles. The van der Waals surface area contributed by atoms with E-state index in [0.717, 1.165) is 18.4 Å². The van der Waals surface area contributed by atoms with Crippen molar-refractivity contribution in [2.75, 3.05) is 12.4 Å². The van der Waals surface area contributed by atoms with E-state index in [0.29, 0.717) is 17.2 Å². The van der Waals surface area contributed by atoms with Gasteiger partial charge in [-0.25, -0.2) is 9.59 Å². The predicted molar refractivity (Wildman–Crippen MR) is 79.6 cm³/mol. The number of hydrogen-bond donors (Lipinski definition) is 1. The Bertz CT molecular complexity index is 556. The van der Waals surface area contributed by atoms with Crippen molar-refractivity contribution in [3.63, 3.8) is 0 Å². The fraction of sp³-hybridized carbons (Fsp3) is 0.500. The van der Waals surface area contributed by atoms with Gasteiger partial charge in [0, 0.05) is 5.69 Å². The summed E-state index contributed by atoms with van der Waals surface area (Å²) < 4.78 is 9.97. The summed E-state index contributed by atoms with van der Waals surface area (Å²) in [5, 5.41) is 2.74. The Morgan fingerprint density at radius 1 is 1.24 bits per heavy atom. The van der Waals surface area contributed by atoms with Gasteiger partial charge in [-0.3, -0.25) is 5.32 Å². The van der Waals surface area contributed by atoms with Crippen molar-refractivity contribution >= 4 is 17.7 Å². The molecule has 0 bridgehead atoms. The van der Waals surface area contributed by atoms with E-state index in [9.17, 15) is 9.59 Å². The van der Waals surface area contributed by atoms with Crippen molar-refractivity contribution in [2.24, 2.45) is 0 Å². The van der Waals surface area contributed by atoms with Gasteiger partial charge in [-0.15, -0.1) is 0 Å². The molecule has 1 amide bonds. The number of carbonyl (C=O) groups is 2. The minimum Gasteiger partial charge on any atom is -0.465 e. The van der Waals surface area contributed by atoms with Crippen LogP contribution in [0.1, 0.15) is 55.5 Å². The number of rotatable bonds is 3. The van der Waals surface area contributed by atoms with Gasteiger partial charge in [0.2, 0.25) is 0 Å². The third-order valence-electron chi connectivity index (χ3n) is 3.13. The van der Waals surface area contributed by atoms with Crippen LogP contribution in [0.3, 0.4) is 0 Å². The molecule has 1 N–H and O–H groups in total. The predicted octanol–water partition coefficient (Wildman–Crippen LogP) is 3.70. The molecular formula is C16H21NO4. The molecule has 2 rings (SSSR count). The van der Waals surface area contributed by atoms with Crippen LogP contribution in [-0.2, 0) is 9.47 Å². The third-order valence-corrected chi connectivity index (χ3v) is 3.13. The molecule has 5 heteroatoms. The second-order valence-corrected chi connectivity index (χ2v) is 6.19. The standard InChI is InChI=1S/C16H21NO4/c1-16(2,3)21-15(19)17-13-9-11(14(18)20-4)7-8-12(13)10-5-6-10/h7-10H,5-6H2,1-4H3,(H,17,19). The number of esters is 1. The van der Waals surface area contributed by atoms with Crippen LogP contribution >= 0.6 is 0 Å². The SMILES string of the molecule is COC(=O)c1ccc(C2CC2)c(NC(=O)OC(C)(C)C)c1. The zero-order valence-corrected chi connectivity index (χ0v) is 12.9. The number of hydrogen-bond acceptors (Lipinski definition) is 4. The highest BCUT2D eigenvalue weighted by Crippen LogP contribution is 2.43. The van der Waals surface area contributed by atoms with Crippen LogP contribution < -0.4 is 5.32 Å². The average Bonchev–Trinajstić information content (AvgIpc) is 3.19. The number of carbonyl (C=O) groups excluding carboxylic acids is 2. The summed E-state index contributed by atoms with van der Waals surface area (Å²) in [4.78, 5) is 23.5. The van der Waals surface area contributed by atoms with Crippen molar-refractivity contribution in [2.45, 2.75) is 45.1 Å². The van der Waals surface area contributed by atoms with Gasteiger partial charge >= 0.3 is 12.1 Å². The van der Waals surface area contributed by atoms with Crippen LogP contribution in [0, 0.1) is 0 Å². The molecule has 1 aliphatic rings. The zero-order valence-electron chi connectivity index (χ0n) is 12.9. The van der Waals surface area contributed by atoms with Gasteiger partial charge < -0.3 is 9.47 Å². The minimum atomic E-state index is -0.566. The smallest absolute Gasteiger partial charge is 0.412 e. The second-order valence-electron chi connectivity index (χ2n) is 6.19. The summed E-state index contributed by atoms with van der Waals surface area (Å²) in [5.74, 6) is 0.0196. The van der Waals surface area contributed by atoms with E-state index in [2.05, 4.69) is 5.32 Å². The maximum absolute atomic E-state index is 11.9. The Morgan fingerprint density at radius 3 is 2.43 bits per heavy atom. The van der Waals surface area contributed by atoms with Crippen LogP contribution in [0.4, 0.5) is 10.5 Å². The second kappa shape index (κ2) is 5.76. The van der Waals surface area contributed by atoms with Crippen molar-refractivity contribution in [1.29, 1.82) is 0 Å². The number of benzene rings is 1. The highest BCUT2D eigenvalue weighted by atomic mass is 16.6. The Balaban J connectivity index is 2.22. The summed E-state index contributed by atoms with van der Waals surface area (Å²) in [6.07, 6.45) is 1.67. The van der Waals surface area contributed by atoms with Gasteiger partial charge in [0.05, 0.1) is 12.7 Å². The first-order valence-corrected chi connectivity index (χ1v) is 7.02. The van der Waals surface area contributed by atoms with Crippen LogP contribution in [0.25, 0.3) is 0 Å². The molecule has 21 heavy (non-hydrogen) atoms. The first kappa shape index (κ1) is 15.4. The lowest BCUT2D eigenvalue weighted by Gasteiger charge is -2.20. The van der Waals surface area contributed by atoms with E-state index in [1.165, 1.54) is 7.11 Å². The quantitative estimate of drug-likeness (QED) is 0.862. The topological polar surface area (TPSA) is 64.6 Å². The molecule has 1 aliphatic carbocycles. The summed E-state index contributed by atoms with van der Waals surface area (Å²) in [7, 11) is 1.33. The molecule has 0 saturated heterocycles. The summed E-state index contributed by atoms with van der Waals surface area (Å²) >= 11 is 0. The molecule has 0 aliphatic heterocycles. The normalized spacial score (nSPS) is 14.5. The maximum Gasteiger partial charge on any atom is 0.412 e. The van der Waals surface area contributed by atoms with Crippen LogP contribution in [0.15, 0.2) is 18.2 Å². The molecule has 1 aromatic rings. The number of ether oxygens (including phenoxy) is 2. The van der Waals surface area contributed by atoms with Crippen molar-refractivity contribution < 1.29 is 19.1 Å². The largest absolute Gasteiger partial charge is 0.465 e. The van der Waals surface area contributed by atoms with Crippen molar-refractivity contribution in [3.05, 3.63) is 29.3 Å². The first-order valence-electron chi connectivity index (χ1n) is 7.02. The summed E-state index contributed by atoms with van der Waals surface area (Å²) in [6.45, 7) is 5.41. The van der Waals surface area contributed by atoms with E-state index in [1.807, 2.05) is 6.07 Å². The highest BCUT2D eigenvalue weighted by Gasteiger charge is 2.28. The number of amides is 1. The van der Waals surface area contributed by atoms with Crippen molar-refractivity contribution in [3.8, 4) is 0 Å². The molecule has 5 nitrogen and oxygen atoms in total. The van der Waals surface area contributed by atoms with E-state index >= 15 is 0 Å². The van der Waals surface area contributed by atoms with Crippen LogP contribution in [0.2, 0.25) is 0 Å². The Hall–Kier alpha value is -2.04. The Kier molecular flexibility index (Phi) is 4.21. The maximum atomic E-state index is 11.9. The molecule has 0 radical (unpaired) electrons. The molecular weight excluding hydrogens is 270 g/mol.